The number of rotatable bonds is 2. The van der Waals surface area contributed by atoms with Gasteiger partial charge in [-0.15, -0.1) is 0 Å². The molecule has 76 valence electrons. The zero-order valence-electron chi connectivity index (χ0n) is 8.03. The largest absolute Gasteiger partial charge is 0.481 e. The molecule has 1 aromatic rings. The fourth-order valence-corrected chi connectivity index (χ4v) is 1.59. The minimum absolute atomic E-state index is 0.368. The van der Waals surface area contributed by atoms with Gasteiger partial charge in [-0.05, 0) is 6.42 Å². The van der Waals surface area contributed by atoms with Gasteiger partial charge in [0, 0.05) is 12.6 Å². The monoisotopic (exact) mass is 195 g/mol. The minimum Gasteiger partial charge on any atom is -0.481 e. The van der Waals surface area contributed by atoms with Crippen molar-refractivity contribution in [3.63, 3.8) is 0 Å². The molecule has 1 aliphatic rings. The molecule has 0 aliphatic carbocycles. The van der Waals surface area contributed by atoms with E-state index in [9.17, 15) is 4.79 Å². The quantitative estimate of drug-likeness (QED) is 0.724. The highest BCUT2D eigenvalue weighted by Gasteiger charge is 2.24. The zero-order chi connectivity index (χ0) is 10.1. The molecule has 0 aromatic carbocycles. The van der Waals surface area contributed by atoms with E-state index in [1.54, 1.807) is 4.68 Å². The summed E-state index contributed by atoms with van der Waals surface area (Å²) in [5.74, 6) is -0.205. The number of aromatic nitrogens is 2. The average molecular weight is 195 g/mol. The van der Waals surface area contributed by atoms with Gasteiger partial charge in [-0.25, -0.2) is 4.68 Å². The molecule has 0 saturated carbocycles. The Kier molecular flexibility index (Phi) is 2.15. The summed E-state index contributed by atoms with van der Waals surface area (Å²) in [5, 5.41) is 16.2. The number of nitrogens with one attached hydrogen (secondary N) is 1. The van der Waals surface area contributed by atoms with Crippen molar-refractivity contribution in [1.29, 1.82) is 0 Å². The van der Waals surface area contributed by atoms with Crippen LogP contribution in [0.15, 0.2) is 6.07 Å². The lowest BCUT2D eigenvalue weighted by Gasteiger charge is -2.21. The second kappa shape index (κ2) is 3.32. The molecule has 14 heavy (non-hydrogen) atoms. The molecule has 5 heteroatoms. The van der Waals surface area contributed by atoms with E-state index in [4.69, 9.17) is 5.11 Å². The summed E-state index contributed by atoms with van der Waals surface area (Å²) >= 11 is 0. The average Bonchev–Trinajstić information content (AvgIpc) is 2.58. The maximum atomic E-state index is 10.8. The van der Waals surface area contributed by atoms with Crippen LogP contribution in [-0.4, -0.2) is 27.4 Å². The third kappa shape index (κ3) is 1.45. The summed E-state index contributed by atoms with van der Waals surface area (Å²) in [4.78, 5) is 10.8. The summed E-state index contributed by atoms with van der Waals surface area (Å²) < 4.78 is 1.74. The predicted molar refractivity (Wildman–Crippen MR) is 51.2 cm³/mol. The van der Waals surface area contributed by atoms with Gasteiger partial charge in [-0.2, -0.15) is 5.10 Å². The molecule has 1 aliphatic heterocycles. The lowest BCUT2D eigenvalue weighted by Crippen LogP contribution is -2.33. The van der Waals surface area contributed by atoms with Crippen LogP contribution in [-0.2, 0) is 17.8 Å². The third-order valence-electron chi connectivity index (χ3n) is 2.46. The molecule has 0 amide bonds. The van der Waals surface area contributed by atoms with Crippen LogP contribution < -0.4 is 5.32 Å². The van der Waals surface area contributed by atoms with Crippen LogP contribution >= 0.6 is 0 Å². The zero-order valence-corrected chi connectivity index (χ0v) is 8.03. The Hall–Kier alpha value is -1.52. The van der Waals surface area contributed by atoms with Crippen molar-refractivity contribution in [3.8, 4) is 0 Å². The summed E-state index contributed by atoms with van der Waals surface area (Å²) in [6.45, 7) is 2.99. The first kappa shape index (κ1) is 9.05. The number of aliphatic carboxylic acids is 1. The highest BCUT2D eigenvalue weighted by molar-refractivity contribution is 5.71. The van der Waals surface area contributed by atoms with Crippen LogP contribution in [0.5, 0.6) is 0 Å². The van der Waals surface area contributed by atoms with E-state index in [0.717, 1.165) is 17.9 Å². The fourth-order valence-electron chi connectivity index (χ4n) is 1.59. The van der Waals surface area contributed by atoms with Crippen LogP contribution in [0.25, 0.3) is 0 Å². The van der Waals surface area contributed by atoms with Crippen LogP contribution in [0.1, 0.15) is 12.6 Å². The molecule has 0 saturated heterocycles. The molecular formula is C9H13N3O2. The van der Waals surface area contributed by atoms with Crippen LogP contribution in [0.3, 0.4) is 0 Å². The van der Waals surface area contributed by atoms with Gasteiger partial charge >= 0.3 is 5.97 Å². The molecule has 1 atom stereocenters. The molecule has 5 nitrogen and oxygen atoms in total. The first-order valence-electron chi connectivity index (χ1n) is 4.74. The number of carboxylic acid groups (broad SMARTS) is 1. The Morgan fingerprint density at radius 1 is 1.86 bits per heavy atom. The van der Waals surface area contributed by atoms with Gasteiger partial charge in [0.05, 0.1) is 18.2 Å². The van der Waals surface area contributed by atoms with Crippen molar-refractivity contribution >= 4 is 11.8 Å². The van der Waals surface area contributed by atoms with Gasteiger partial charge < -0.3 is 10.4 Å². The van der Waals surface area contributed by atoms with E-state index in [-0.39, 0.29) is 5.92 Å². The summed E-state index contributed by atoms with van der Waals surface area (Å²) in [7, 11) is 0. The number of hydrogen-bond donors (Lipinski definition) is 2. The molecule has 1 unspecified atom stereocenters. The SMILES string of the molecule is CCc1cc2n(n1)CC(C(=O)O)CN2. The Labute approximate surface area is 81.7 Å². The molecule has 0 spiro atoms. The molecule has 0 fully saturated rings. The highest BCUT2D eigenvalue weighted by Crippen LogP contribution is 2.18. The maximum Gasteiger partial charge on any atom is 0.310 e. The first-order chi connectivity index (χ1) is 6.70. The van der Waals surface area contributed by atoms with Gasteiger partial charge in [0.15, 0.2) is 0 Å². The van der Waals surface area contributed by atoms with Crippen molar-refractivity contribution < 1.29 is 9.90 Å². The van der Waals surface area contributed by atoms with E-state index in [2.05, 4.69) is 10.4 Å². The lowest BCUT2D eigenvalue weighted by atomic mass is 10.1. The van der Waals surface area contributed by atoms with Crippen LogP contribution in [0.2, 0.25) is 0 Å². The van der Waals surface area contributed by atoms with Gasteiger partial charge in [0.1, 0.15) is 5.82 Å². The Morgan fingerprint density at radius 3 is 3.29 bits per heavy atom. The van der Waals surface area contributed by atoms with Gasteiger partial charge in [-0.3, -0.25) is 4.79 Å². The van der Waals surface area contributed by atoms with E-state index in [0.29, 0.717) is 13.1 Å². The first-order valence-corrected chi connectivity index (χ1v) is 4.74. The number of carbonyl (C=O) groups is 1. The van der Waals surface area contributed by atoms with Crippen LogP contribution in [0.4, 0.5) is 5.82 Å². The van der Waals surface area contributed by atoms with Crippen LogP contribution in [0, 0.1) is 5.92 Å². The molecule has 2 rings (SSSR count). The Balaban J connectivity index is 2.21. The number of aryl methyl sites for hydroxylation is 1. The van der Waals surface area contributed by atoms with Crippen molar-refractivity contribution in [2.24, 2.45) is 5.92 Å². The number of fused-ring (bicyclic) bond motifs is 1. The lowest BCUT2D eigenvalue weighted by molar-refractivity contribution is -0.141. The normalized spacial score (nSPS) is 19.9. The van der Waals surface area contributed by atoms with E-state index in [1.807, 2.05) is 13.0 Å². The van der Waals surface area contributed by atoms with Gasteiger partial charge in [-0.1, -0.05) is 6.92 Å². The van der Waals surface area contributed by atoms with Crippen molar-refractivity contribution in [3.05, 3.63) is 11.8 Å². The second-order valence-electron chi connectivity index (χ2n) is 3.47. The maximum absolute atomic E-state index is 10.8. The number of anilines is 1. The summed E-state index contributed by atoms with van der Waals surface area (Å²) in [6, 6.07) is 1.97. The number of carboxylic acids is 1. The molecule has 2 N–H and O–H groups in total. The Bertz CT molecular complexity index is 359. The second-order valence-corrected chi connectivity index (χ2v) is 3.47. The molecule has 2 heterocycles. The van der Waals surface area contributed by atoms with Gasteiger partial charge in [0.25, 0.3) is 0 Å². The van der Waals surface area contributed by atoms with E-state index in [1.165, 1.54) is 0 Å². The summed E-state index contributed by atoms with van der Waals surface area (Å²) in [5.41, 5.74) is 0.999. The smallest absolute Gasteiger partial charge is 0.310 e. The fraction of sp³-hybridized carbons (Fsp3) is 0.556. The van der Waals surface area contributed by atoms with Crippen molar-refractivity contribution in [2.75, 3.05) is 11.9 Å². The topological polar surface area (TPSA) is 67.2 Å². The van der Waals surface area contributed by atoms with E-state index >= 15 is 0 Å². The molecule has 0 bridgehead atoms. The molecule has 1 aromatic heterocycles. The minimum atomic E-state index is -0.767. The molecule has 0 radical (unpaired) electrons. The number of hydrogen-bond acceptors (Lipinski definition) is 3. The van der Waals surface area contributed by atoms with Crippen molar-refractivity contribution in [2.45, 2.75) is 19.9 Å². The van der Waals surface area contributed by atoms with Gasteiger partial charge in [0.2, 0.25) is 0 Å². The Morgan fingerprint density at radius 2 is 2.64 bits per heavy atom. The van der Waals surface area contributed by atoms with E-state index < -0.39 is 5.97 Å². The summed E-state index contributed by atoms with van der Waals surface area (Å²) in [6.07, 6.45) is 0.874. The molecular weight excluding hydrogens is 182 g/mol. The third-order valence-corrected chi connectivity index (χ3v) is 2.46. The standard InChI is InChI=1S/C9H13N3O2/c1-2-7-3-8-10-4-6(9(13)14)5-12(8)11-7/h3,6,10H,2,4-5H2,1H3,(H,13,14). The highest BCUT2D eigenvalue weighted by atomic mass is 16.4. The number of nitrogens with zero attached hydrogens (tertiary/aromatic N) is 2. The van der Waals surface area contributed by atoms with Crippen molar-refractivity contribution in [1.82, 2.24) is 9.78 Å². The predicted octanol–water partition coefficient (Wildman–Crippen LogP) is 0.572.